The number of aliphatic carboxylic acids is 2. The van der Waals surface area contributed by atoms with Gasteiger partial charge in [-0.1, -0.05) is 0 Å². The summed E-state index contributed by atoms with van der Waals surface area (Å²) in [6, 6.07) is 0. The second-order valence-corrected chi connectivity index (χ2v) is 5.77. The summed E-state index contributed by atoms with van der Waals surface area (Å²) >= 11 is 1.36. The first-order valence-corrected chi connectivity index (χ1v) is 6.92. The van der Waals surface area contributed by atoms with Crippen molar-refractivity contribution in [2.75, 3.05) is 12.0 Å². The average Bonchev–Trinajstić information content (AvgIpc) is 2.80. The molecule has 2 aliphatic heterocycles. The molecule has 0 spiro atoms. The van der Waals surface area contributed by atoms with Gasteiger partial charge in [0.2, 0.25) is 0 Å². The van der Waals surface area contributed by atoms with Crippen molar-refractivity contribution in [1.29, 1.82) is 0 Å². The minimum atomic E-state index is -1.33. The number of carboxylic acid groups (broad SMARTS) is 2. The molecule has 0 aromatic rings. The van der Waals surface area contributed by atoms with E-state index < -0.39 is 35.0 Å². The number of hydrogen-bond donors (Lipinski definition) is 2. The van der Waals surface area contributed by atoms with Gasteiger partial charge in [0.05, 0.1) is 12.2 Å². The van der Waals surface area contributed by atoms with Gasteiger partial charge in [-0.15, -0.1) is 0 Å². The van der Waals surface area contributed by atoms with Crippen LogP contribution in [0.2, 0.25) is 0 Å². The Morgan fingerprint density at radius 1 is 1.29 bits per heavy atom. The van der Waals surface area contributed by atoms with Gasteiger partial charge in [0.15, 0.2) is 0 Å². The van der Waals surface area contributed by atoms with Crippen LogP contribution in [0.3, 0.4) is 0 Å². The molecule has 4 atom stereocenters. The van der Waals surface area contributed by atoms with Crippen molar-refractivity contribution >= 4 is 23.7 Å². The maximum absolute atomic E-state index is 11.7. The van der Waals surface area contributed by atoms with Crippen molar-refractivity contribution < 1.29 is 24.5 Å². The van der Waals surface area contributed by atoms with Crippen LogP contribution in [0.5, 0.6) is 0 Å². The van der Waals surface area contributed by atoms with E-state index in [0.29, 0.717) is 12.8 Å². The topological polar surface area (TPSA) is 83.8 Å². The molecule has 2 saturated heterocycles. The normalized spacial score (nSPS) is 43.9. The molecule has 6 heteroatoms. The van der Waals surface area contributed by atoms with E-state index in [1.54, 1.807) is 6.26 Å². The lowest BCUT2D eigenvalue weighted by Gasteiger charge is -2.42. The lowest BCUT2D eigenvalue weighted by molar-refractivity contribution is -0.171. The molecular weight excluding hydrogens is 244 g/mol. The van der Waals surface area contributed by atoms with Crippen molar-refractivity contribution in [3.63, 3.8) is 0 Å². The predicted molar refractivity (Wildman–Crippen MR) is 62.1 cm³/mol. The maximum atomic E-state index is 11.7. The summed E-state index contributed by atoms with van der Waals surface area (Å²) in [6.45, 7) is 1.52. The fraction of sp³-hybridized carbons (Fsp3) is 0.818. The van der Waals surface area contributed by atoms with Crippen molar-refractivity contribution in [2.24, 2.45) is 10.8 Å². The van der Waals surface area contributed by atoms with Crippen molar-refractivity contribution in [2.45, 2.75) is 32.0 Å². The SMILES string of the molecule is CSCC1(C(=O)O)C2CCC(O2)C1(C)C(=O)O. The van der Waals surface area contributed by atoms with E-state index in [4.69, 9.17) is 4.74 Å². The summed E-state index contributed by atoms with van der Waals surface area (Å²) in [5.41, 5.74) is -2.63. The predicted octanol–water partition coefficient (Wildman–Crippen LogP) is 1.07. The maximum Gasteiger partial charge on any atom is 0.314 e. The zero-order valence-electron chi connectivity index (χ0n) is 9.80. The Balaban J connectivity index is 2.54. The minimum absolute atomic E-state index is 0.270. The van der Waals surface area contributed by atoms with Crippen LogP contribution in [-0.4, -0.2) is 46.4 Å². The van der Waals surface area contributed by atoms with E-state index >= 15 is 0 Å². The van der Waals surface area contributed by atoms with E-state index in [1.165, 1.54) is 18.7 Å². The van der Waals surface area contributed by atoms with Gasteiger partial charge < -0.3 is 14.9 Å². The Morgan fingerprint density at radius 3 is 2.35 bits per heavy atom. The van der Waals surface area contributed by atoms with E-state index in [0.717, 1.165) is 0 Å². The molecule has 2 heterocycles. The third-order valence-electron chi connectivity index (χ3n) is 4.34. The van der Waals surface area contributed by atoms with Crippen LogP contribution < -0.4 is 0 Å². The summed E-state index contributed by atoms with van der Waals surface area (Å²) in [5, 5.41) is 19.0. The van der Waals surface area contributed by atoms with E-state index in [2.05, 4.69) is 0 Å². The molecule has 96 valence electrons. The molecule has 2 aliphatic rings. The van der Waals surface area contributed by atoms with Crippen LogP contribution in [0.15, 0.2) is 0 Å². The molecule has 5 nitrogen and oxygen atoms in total. The van der Waals surface area contributed by atoms with E-state index in [9.17, 15) is 19.8 Å². The van der Waals surface area contributed by atoms with Gasteiger partial charge in [-0.05, 0) is 26.0 Å². The molecule has 0 aliphatic carbocycles. The average molecular weight is 260 g/mol. The third-order valence-corrected chi connectivity index (χ3v) is 5.08. The highest BCUT2D eigenvalue weighted by Crippen LogP contribution is 2.60. The Bertz CT molecular complexity index is 371. The Hall–Kier alpha value is -0.750. The standard InChI is InChI=1S/C11H16O5S/c1-10(8(12)13)6-3-4-7(16-6)11(10,5-17-2)9(14)15/h6-7H,3-5H2,1-2H3,(H,12,13)(H,14,15). The van der Waals surface area contributed by atoms with E-state index in [-0.39, 0.29) is 5.75 Å². The van der Waals surface area contributed by atoms with E-state index in [1.807, 2.05) is 0 Å². The summed E-state index contributed by atoms with van der Waals surface area (Å²) in [4.78, 5) is 23.2. The zero-order chi connectivity index (χ0) is 12.8. The largest absolute Gasteiger partial charge is 0.481 e. The fourth-order valence-corrected chi connectivity index (χ4v) is 4.33. The number of fused-ring (bicyclic) bond motifs is 2. The first kappa shape index (κ1) is 12.7. The molecular formula is C11H16O5S. The number of rotatable bonds is 4. The lowest BCUT2D eigenvalue weighted by atomic mass is 9.57. The van der Waals surface area contributed by atoms with Crippen molar-refractivity contribution in [3.05, 3.63) is 0 Å². The van der Waals surface area contributed by atoms with Crippen molar-refractivity contribution in [3.8, 4) is 0 Å². The Kier molecular flexibility index (Phi) is 2.90. The number of carboxylic acids is 2. The number of carbonyl (C=O) groups is 2. The van der Waals surface area contributed by atoms with Crippen LogP contribution in [0, 0.1) is 10.8 Å². The van der Waals surface area contributed by atoms with Gasteiger partial charge in [0.25, 0.3) is 0 Å². The quantitative estimate of drug-likeness (QED) is 0.786. The second kappa shape index (κ2) is 3.88. The molecule has 2 N–H and O–H groups in total. The molecule has 0 saturated carbocycles. The molecule has 2 bridgehead atoms. The molecule has 2 fully saturated rings. The van der Waals surface area contributed by atoms with Crippen LogP contribution in [-0.2, 0) is 14.3 Å². The highest BCUT2D eigenvalue weighted by Gasteiger charge is 2.74. The summed E-state index contributed by atoms with van der Waals surface area (Å²) in [7, 11) is 0. The van der Waals surface area contributed by atoms with Crippen LogP contribution in [0.25, 0.3) is 0 Å². The lowest BCUT2D eigenvalue weighted by Crippen LogP contribution is -2.58. The number of ether oxygens (including phenoxy) is 1. The smallest absolute Gasteiger partial charge is 0.314 e. The molecule has 0 radical (unpaired) electrons. The Morgan fingerprint density at radius 2 is 1.88 bits per heavy atom. The van der Waals surface area contributed by atoms with Crippen LogP contribution >= 0.6 is 11.8 Å². The first-order chi connectivity index (χ1) is 7.91. The Labute approximate surface area is 104 Å². The molecule has 0 aromatic heterocycles. The first-order valence-electron chi connectivity index (χ1n) is 5.52. The summed E-state index contributed by atoms with van der Waals surface area (Å²) in [5.74, 6) is -1.85. The fourth-order valence-electron chi connectivity index (χ4n) is 3.27. The van der Waals surface area contributed by atoms with Crippen LogP contribution in [0.1, 0.15) is 19.8 Å². The second-order valence-electron chi connectivity index (χ2n) is 4.91. The van der Waals surface area contributed by atoms with Crippen LogP contribution in [0.4, 0.5) is 0 Å². The number of thioether (sulfide) groups is 1. The summed E-state index contributed by atoms with van der Waals surface area (Å²) < 4.78 is 5.60. The number of hydrogen-bond acceptors (Lipinski definition) is 4. The van der Waals surface area contributed by atoms with Gasteiger partial charge in [0, 0.05) is 5.75 Å². The van der Waals surface area contributed by atoms with Gasteiger partial charge in [-0.25, -0.2) is 0 Å². The molecule has 2 rings (SSSR count). The van der Waals surface area contributed by atoms with Gasteiger partial charge in [0.1, 0.15) is 10.8 Å². The summed E-state index contributed by atoms with van der Waals surface area (Å²) in [6.07, 6.45) is 2.11. The van der Waals surface area contributed by atoms with Gasteiger partial charge >= 0.3 is 11.9 Å². The molecule has 0 aromatic carbocycles. The van der Waals surface area contributed by atoms with Gasteiger partial charge in [-0.2, -0.15) is 11.8 Å². The zero-order valence-corrected chi connectivity index (χ0v) is 10.6. The van der Waals surface area contributed by atoms with Gasteiger partial charge in [-0.3, -0.25) is 9.59 Å². The molecule has 4 unspecified atom stereocenters. The molecule has 17 heavy (non-hydrogen) atoms. The highest BCUT2D eigenvalue weighted by atomic mass is 32.2. The third kappa shape index (κ3) is 1.31. The minimum Gasteiger partial charge on any atom is -0.481 e. The molecule has 0 amide bonds. The van der Waals surface area contributed by atoms with Crippen molar-refractivity contribution in [1.82, 2.24) is 0 Å². The highest BCUT2D eigenvalue weighted by molar-refractivity contribution is 7.98. The monoisotopic (exact) mass is 260 g/mol.